The number of carboxylic acid groups (broad SMARTS) is 1. The normalized spacial score (nSPS) is 19.6. The van der Waals surface area contributed by atoms with E-state index in [0.717, 1.165) is 0 Å². The number of likely N-dealkylation sites (N-methyl/N-ethyl adjacent to an activating group) is 1. The highest BCUT2D eigenvalue weighted by Crippen LogP contribution is 2.16. The highest BCUT2D eigenvalue weighted by atomic mass is 16.4. The lowest BCUT2D eigenvalue weighted by Gasteiger charge is -2.25. The molecule has 1 aliphatic rings. The monoisotopic (exact) mass is 285 g/mol. The van der Waals surface area contributed by atoms with Crippen LogP contribution in [0.3, 0.4) is 0 Å². The summed E-state index contributed by atoms with van der Waals surface area (Å²) in [7, 11) is 0. The van der Waals surface area contributed by atoms with Gasteiger partial charge in [0.2, 0.25) is 5.91 Å². The average molecular weight is 285 g/mol. The number of nitrogens with zero attached hydrogens (tertiary/aromatic N) is 2. The Kier molecular flexibility index (Phi) is 5.79. The number of carboxylic acids is 1. The lowest BCUT2D eigenvalue weighted by molar-refractivity contribution is -0.141. The van der Waals surface area contributed by atoms with Crippen LogP contribution in [0.1, 0.15) is 27.2 Å². The molecule has 2 unspecified atom stereocenters. The Balaban J connectivity index is 2.50. The van der Waals surface area contributed by atoms with Crippen molar-refractivity contribution < 1.29 is 19.5 Å². The van der Waals surface area contributed by atoms with Gasteiger partial charge in [-0.1, -0.05) is 0 Å². The molecule has 114 valence electrons. The van der Waals surface area contributed by atoms with E-state index in [1.807, 2.05) is 13.8 Å². The number of urea groups is 1. The van der Waals surface area contributed by atoms with Gasteiger partial charge < -0.3 is 20.2 Å². The van der Waals surface area contributed by atoms with Crippen molar-refractivity contribution in [2.45, 2.75) is 33.2 Å². The maximum atomic E-state index is 12.0. The van der Waals surface area contributed by atoms with Crippen LogP contribution in [0.15, 0.2) is 0 Å². The van der Waals surface area contributed by atoms with Gasteiger partial charge in [0.05, 0.1) is 5.92 Å². The van der Waals surface area contributed by atoms with Crippen molar-refractivity contribution in [2.75, 3.05) is 26.2 Å². The van der Waals surface area contributed by atoms with Crippen molar-refractivity contribution in [1.82, 2.24) is 15.1 Å². The van der Waals surface area contributed by atoms with Crippen LogP contribution < -0.4 is 5.32 Å². The van der Waals surface area contributed by atoms with E-state index in [1.165, 1.54) is 4.90 Å². The molecule has 0 aromatic heterocycles. The van der Waals surface area contributed by atoms with Crippen LogP contribution in [0.5, 0.6) is 0 Å². The second-order valence-corrected chi connectivity index (χ2v) is 4.95. The number of hydrogen-bond acceptors (Lipinski definition) is 3. The molecule has 20 heavy (non-hydrogen) atoms. The van der Waals surface area contributed by atoms with E-state index in [4.69, 9.17) is 5.11 Å². The fraction of sp³-hybridized carbons (Fsp3) is 0.769. The molecule has 2 atom stereocenters. The second-order valence-electron chi connectivity index (χ2n) is 4.95. The Morgan fingerprint density at radius 1 is 1.35 bits per heavy atom. The van der Waals surface area contributed by atoms with E-state index in [9.17, 15) is 14.4 Å². The van der Waals surface area contributed by atoms with Crippen molar-refractivity contribution in [3.63, 3.8) is 0 Å². The predicted octanol–water partition coefficient (Wildman–Crippen LogP) is 0.359. The predicted molar refractivity (Wildman–Crippen MR) is 73.2 cm³/mol. The van der Waals surface area contributed by atoms with Gasteiger partial charge in [0.25, 0.3) is 0 Å². The minimum Gasteiger partial charge on any atom is -0.481 e. The summed E-state index contributed by atoms with van der Waals surface area (Å²) in [4.78, 5) is 38.0. The first-order valence-corrected chi connectivity index (χ1v) is 6.97. The number of amides is 3. The van der Waals surface area contributed by atoms with Crippen LogP contribution in [0.4, 0.5) is 4.79 Å². The molecular weight excluding hydrogens is 262 g/mol. The van der Waals surface area contributed by atoms with E-state index in [0.29, 0.717) is 26.1 Å². The number of aliphatic carboxylic acids is 1. The zero-order chi connectivity index (χ0) is 15.3. The quantitative estimate of drug-likeness (QED) is 0.763. The van der Waals surface area contributed by atoms with Gasteiger partial charge in [-0.2, -0.15) is 0 Å². The number of hydrogen-bond donors (Lipinski definition) is 2. The van der Waals surface area contributed by atoms with Crippen LogP contribution in [-0.4, -0.2) is 65.0 Å². The first kappa shape index (κ1) is 16.3. The van der Waals surface area contributed by atoms with Gasteiger partial charge in [0.1, 0.15) is 6.04 Å². The Hall–Kier alpha value is -1.79. The molecule has 0 radical (unpaired) electrons. The van der Waals surface area contributed by atoms with Gasteiger partial charge in [-0.25, -0.2) is 4.79 Å². The van der Waals surface area contributed by atoms with E-state index < -0.39 is 17.9 Å². The number of likely N-dealkylation sites (tertiary alicyclic amines) is 1. The molecule has 1 heterocycles. The number of rotatable bonds is 5. The maximum Gasteiger partial charge on any atom is 0.318 e. The molecule has 1 rings (SSSR count). The summed E-state index contributed by atoms with van der Waals surface area (Å²) in [5.41, 5.74) is 0. The standard InChI is InChI=1S/C13H23N3O4/c1-4-15(5-2)11(17)9(3)14-13(20)16-7-6-10(8-16)12(18)19/h9-10H,4-8H2,1-3H3,(H,14,20)(H,18,19). The van der Waals surface area contributed by atoms with Crippen LogP contribution in [0.2, 0.25) is 0 Å². The fourth-order valence-corrected chi connectivity index (χ4v) is 2.29. The van der Waals surface area contributed by atoms with E-state index in [2.05, 4.69) is 5.32 Å². The molecule has 3 amide bonds. The van der Waals surface area contributed by atoms with Gasteiger partial charge in [0.15, 0.2) is 0 Å². The summed E-state index contributed by atoms with van der Waals surface area (Å²) in [5, 5.41) is 11.5. The molecule has 0 saturated carbocycles. The third-order valence-electron chi connectivity index (χ3n) is 3.61. The summed E-state index contributed by atoms with van der Waals surface area (Å²) in [5.74, 6) is -1.51. The molecule has 1 fully saturated rings. The van der Waals surface area contributed by atoms with Gasteiger partial charge in [-0.15, -0.1) is 0 Å². The molecule has 0 bridgehead atoms. The summed E-state index contributed by atoms with van der Waals surface area (Å²) in [6.45, 7) is 7.22. The van der Waals surface area contributed by atoms with Crippen LogP contribution >= 0.6 is 0 Å². The fourth-order valence-electron chi connectivity index (χ4n) is 2.29. The molecule has 0 spiro atoms. The second kappa shape index (κ2) is 7.12. The topological polar surface area (TPSA) is 90.0 Å². The third kappa shape index (κ3) is 3.85. The Bertz CT molecular complexity index is 382. The molecule has 0 aliphatic carbocycles. The molecule has 0 aromatic carbocycles. The van der Waals surface area contributed by atoms with Gasteiger partial charge >= 0.3 is 12.0 Å². The van der Waals surface area contributed by atoms with Gasteiger partial charge in [-0.05, 0) is 27.2 Å². The molecule has 0 aromatic rings. The molecule has 7 nitrogen and oxygen atoms in total. The zero-order valence-corrected chi connectivity index (χ0v) is 12.3. The molecule has 1 aliphatic heterocycles. The lowest BCUT2D eigenvalue weighted by atomic mass is 10.1. The van der Waals surface area contributed by atoms with Crippen molar-refractivity contribution in [3.8, 4) is 0 Å². The van der Waals surface area contributed by atoms with Crippen LogP contribution in [0.25, 0.3) is 0 Å². The van der Waals surface area contributed by atoms with Crippen molar-refractivity contribution in [3.05, 3.63) is 0 Å². The van der Waals surface area contributed by atoms with Crippen LogP contribution in [-0.2, 0) is 9.59 Å². The minimum atomic E-state index is -0.882. The number of nitrogens with one attached hydrogen (secondary N) is 1. The SMILES string of the molecule is CCN(CC)C(=O)C(C)NC(=O)N1CCC(C(=O)O)C1. The Labute approximate surface area is 118 Å². The van der Waals surface area contributed by atoms with Crippen LogP contribution in [0, 0.1) is 5.92 Å². The van der Waals surface area contributed by atoms with Crippen molar-refractivity contribution >= 4 is 17.9 Å². The third-order valence-corrected chi connectivity index (χ3v) is 3.61. The largest absolute Gasteiger partial charge is 0.481 e. The van der Waals surface area contributed by atoms with Gasteiger partial charge in [0, 0.05) is 26.2 Å². The number of carbonyl (C=O) groups is 3. The van der Waals surface area contributed by atoms with E-state index >= 15 is 0 Å². The van der Waals surface area contributed by atoms with E-state index in [-0.39, 0.29) is 18.5 Å². The van der Waals surface area contributed by atoms with Crippen molar-refractivity contribution in [1.29, 1.82) is 0 Å². The maximum absolute atomic E-state index is 12.0. The minimum absolute atomic E-state index is 0.127. The first-order chi connectivity index (χ1) is 9.40. The summed E-state index contributed by atoms with van der Waals surface area (Å²) in [6.07, 6.45) is 0.459. The molecular formula is C13H23N3O4. The highest BCUT2D eigenvalue weighted by Gasteiger charge is 2.32. The van der Waals surface area contributed by atoms with Gasteiger partial charge in [-0.3, -0.25) is 9.59 Å². The summed E-state index contributed by atoms with van der Waals surface area (Å²) >= 11 is 0. The average Bonchev–Trinajstić information content (AvgIpc) is 2.89. The first-order valence-electron chi connectivity index (χ1n) is 6.97. The summed E-state index contributed by atoms with van der Waals surface area (Å²) < 4.78 is 0. The Morgan fingerprint density at radius 3 is 2.40 bits per heavy atom. The van der Waals surface area contributed by atoms with E-state index in [1.54, 1.807) is 11.8 Å². The molecule has 7 heteroatoms. The Morgan fingerprint density at radius 2 is 1.95 bits per heavy atom. The number of carbonyl (C=O) groups excluding carboxylic acids is 2. The molecule has 2 N–H and O–H groups in total. The molecule has 1 saturated heterocycles. The zero-order valence-electron chi connectivity index (χ0n) is 12.3. The smallest absolute Gasteiger partial charge is 0.318 e. The van der Waals surface area contributed by atoms with Crippen molar-refractivity contribution in [2.24, 2.45) is 5.92 Å². The lowest BCUT2D eigenvalue weighted by Crippen LogP contribution is -2.50. The highest BCUT2D eigenvalue weighted by molar-refractivity contribution is 5.87. The summed E-state index contributed by atoms with van der Waals surface area (Å²) in [6, 6.07) is -0.979.